The summed E-state index contributed by atoms with van der Waals surface area (Å²) in [5.74, 6) is 0. The van der Waals surface area contributed by atoms with Gasteiger partial charge in [-0.1, -0.05) is 24.3 Å². The maximum absolute atomic E-state index is 13.4. The molecule has 28 heavy (non-hydrogen) atoms. The number of anilines is 1. The number of alkyl halides is 6. The number of hydrogen-bond acceptors (Lipinski definition) is 2. The lowest BCUT2D eigenvalue weighted by Gasteiger charge is -2.37. The Labute approximate surface area is 159 Å². The van der Waals surface area contributed by atoms with Crippen molar-refractivity contribution in [2.75, 3.05) is 31.1 Å². The van der Waals surface area contributed by atoms with E-state index >= 15 is 0 Å². The van der Waals surface area contributed by atoms with E-state index in [1.165, 1.54) is 4.90 Å². The molecule has 0 amide bonds. The van der Waals surface area contributed by atoms with Gasteiger partial charge in [0.25, 0.3) is 0 Å². The lowest BCUT2D eigenvalue weighted by molar-refractivity contribution is -0.142. The molecule has 0 N–H and O–H groups in total. The zero-order valence-corrected chi connectivity index (χ0v) is 15.2. The summed E-state index contributed by atoms with van der Waals surface area (Å²) in [7, 11) is 0. The van der Waals surface area contributed by atoms with Crippen LogP contribution in [0.5, 0.6) is 0 Å². The number of rotatable bonds is 3. The molecule has 1 aliphatic heterocycles. The highest BCUT2D eigenvalue weighted by atomic mass is 19.4. The second kappa shape index (κ2) is 7.66. The molecular formula is C20H20F6N2. The van der Waals surface area contributed by atoms with Crippen molar-refractivity contribution in [1.29, 1.82) is 0 Å². The average molecular weight is 402 g/mol. The number of aryl methyl sites for hydroxylation is 1. The summed E-state index contributed by atoms with van der Waals surface area (Å²) in [5.41, 5.74) is -0.430. The molecule has 1 aliphatic rings. The van der Waals surface area contributed by atoms with Gasteiger partial charge in [-0.15, -0.1) is 0 Å². The lowest BCUT2D eigenvalue weighted by Crippen LogP contribution is -2.46. The van der Waals surface area contributed by atoms with Gasteiger partial charge in [-0.05, 0) is 36.2 Å². The first-order valence-corrected chi connectivity index (χ1v) is 8.86. The van der Waals surface area contributed by atoms with E-state index in [1.807, 2.05) is 31.2 Å². The minimum Gasteiger partial charge on any atom is -0.368 e. The van der Waals surface area contributed by atoms with Crippen molar-refractivity contribution in [3.8, 4) is 0 Å². The fourth-order valence-electron chi connectivity index (χ4n) is 3.39. The van der Waals surface area contributed by atoms with Gasteiger partial charge in [0.15, 0.2) is 0 Å². The van der Waals surface area contributed by atoms with Crippen LogP contribution in [-0.2, 0) is 18.9 Å². The smallest absolute Gasteiger partial charge is 0.368 e. The fraction of sp³-hybridized carbons (Fsp3) is 0.400. The van der Waals surface area contributed by atoms with Crippen molar-refractivity contribution >= 4 is 5.69 Å². The van der Waals surface area contributed by atoms with Gasteiger partial charge < -0.3 is 4.90 Å². The standard InChI is InChI=1S/C20H20F6N2/c1-14-4-2-3-5-15(14)13-27-8-10-28(11-9-27)18-7-6-16(19(21,22)23)12-17(18)20(24,25)26/h2-7,12H,8-11,13H2,1H3. The van der Waals surface area contributed by atoms with E-state index in [0.717, 1.165) is 17.2 Å². The van der Waals surface area contributed by atoms with E-state index in [1.54, 1.807) is 0 Å². The highest BCUT2D eigenvalue weighted by Crippen LogP contribution is 2.40. The van der Waals surface area contributed by atoms with Crippen LogP contribution >= 0.6 is 0 Å². The van der Waals surface area contributed by atoms with Crippen LogP contribution in [0.4, 0.5) is 32.0 Å². The van der Waals surface area contributed by atoms with Gasteiger partial charge in [0, 0.05) is 38.4 Å². The van der Waals surface area contributed by atoms with Crippen LogP contribution < -0.4 is 4.90 Å². The molecule has 152 valence electrons. The quantitative estimate of drug-likeness (QED) is 0.639. The Balaban J connectivity index is 1.76. The Morgan fingerprint density at radius 2 is 1.46 bits per heavy atom. The second-order valence-electron chi connectivity index (χ2n) is 6.92. The molecule has 2 aromatic carbocycles. The molecule has 0 saturated carbocycles. The zero-order chi connectivity index (χ0) is 20.5. The molecule has 0 atom stereocenters. The van der Waals surface area contributed by atoms with Crippen molar-refractivity contribution in [2.45, 2.75) is 25.8 Å². The van der Waals surface area contributed by atoms with E-state index in [4.69, 9.17) is 0 Å². The lowest BCUT2D eigenvalue weighted by atomic mass is 10.1. The third-order valence-electron chi connectivity index (χ3n) is 5.00. The molecule has 0 bridgehead atoms. The Bertz CT molecular complexity index is 820. The first kappa shape index (κ1) is 20.5. The summed E-state index contributed by atoms with van der Waals surface area (Å²) in [6.07, 6.45) is -9.67. The van der Waals surface area contributed by atoms with E-state index in [2.05, 4.69) is 4.90 Å². The number of nitrogens with zero attached hydrogens (tertiary/aromatic N) is 2. The Kier molecular flexibility index (Phi) is 5.61. The van der Waals surface area contributed by atoms with Gasteiger partial charge in [0.2, 0.25) is 0 Å². The molecule has 1 fully saturated rings. The van der Waals surface area contributed by atoms with Crippen molar-refractivity contribution in [1.82, 2.24) is 4.90 Å². The average Bonchev–Trinajstić information content (AvgIpc) is 2.62. The van der Waals surface area contributed by atoms with Crippen molar-refractivity contribution in [3.05, 3.63) is 64.7 Å². The van der Waals surface area contributed by atoms with E-state index in [0.29, 0.717) is 38.8 Å². The molecule has 1 saturated heterocycles. The third-order valence-corrected chi connectivity index (χ3v) is 5.00. The predicted molar refractivity (Wildman–Crippen MR) is 95.1 cm³/mol. The van der Waals surface area contributed by atoms with Crippen LogP contribution in [0, 0.1) is 6.92 Å². The highest BCUT2D eigenvalue weighted by Gasteiger charge is 2.39. The number of hydrogen-bond donors (Lipinski definition) is 0. The molecule has 0 spiro atoms. The number of halogens is 6. The third kappa shape index (κ3) is 4.60. The Morgan fingerprint density at radius 3 is 2.04 bits per heavy atom. The van der Waals surface area contributed by atoms with E-state index in [9.17, 15) is 26.3 Å². The van der Waals surface area contributed by atoms with Crippen LogP contribution in [-0.4, -0.2) is 31.1 Å². The number of piperazine rings is 1. The molecule has 2 nitrogen and oxygen atoms in total. The number of benzene rings is 2. The molecule has 0 aromatic heterocycles. The van der Waals surface area contributed by atoms with E-state index < -0.39 is 23.5 Å². The van der Waals surface area contributed by atoms with Crippen molar-refractivity contribution < 1.29 is 26.3 Å². The highest BCUT2D eigenvalue weighted by molar-refractivity contribution is 5.57. The van der Waals surface area contributed by atoms with Crippen molar-refractivity contribution in [2.24, 2.45) is 0 Å². The summed E-state index contributed by atoms with van der Waals surface area (Å²) < 4.78 is 78.6. The van der Waals surface area contributed by atoms with Gasteiger partial charge in [-0.25, -0.2) is 0 Å². The normalized spacial score (nSPS) is 16.5. The van der Waals surface area contributed by atoms with Crippen LogP contribution in [0.3, 0.4) is 0 Å². The molecule has 3 rings (SSSR count). The molecule has 1 heterocycles. The predicted octanol–water partition coefficient (Wildman–Crippen LogP) is 5.35. The summed E-state index contributed by atoms with van der Waals surface area (Å²) >= 11 is 0. The van der Waals surface area contributed by atoms with Crippen LogP contribution in [0.25, 0.3) is 0 Å². The minimum atomic E-state index is -4.85. The Morgan fingerprint density at radius 1 is 0.821 bits per heavy atom. The first-order chi connectivity index (χ1) is 13.1. The maximum Gasteiger partial charge on any atom is 0.418 e. The second-order valence-corrected chi connectivity index (χ2v) is 6.92. The molecule has 0 unspecified atom stereocenters. The summed E-state index contributed by atoms with van der Waals surface area (Å²) in [5, 5.41) is 0. The van der Waals surface area contributed by atoms with Crippen LogP contribution in [0.2, 0.25) is 0 Å². The largest absolute Gasteiger partial charge is 0.418 e. The van der Waals surface area contributed by atoms with Crippen LogP contribution in [0.15, 0.2) is 42.5 Å². The molecule has 2 aromatic rings. The van der Waals surface area contributed by atoms with Gasteiger partial charge in [0.05, 0.1) is 11.1 Å². The Hall–Kier alpha value is -2.22. The van der Waals surface area contributed by atoms with Gasteiger partial charge in [-0.3, -0.25) is 4.90 Å². The summed E-state index contributed by atoms with van der Waals surface area (Å²) in [6.45, 7) is 4.41. The van der Waals surface area contributed by atoms with Crippen LogP contribution in [0.1, 0.15) is 22.3 Å². The maximum atomic E-state index is 13.4. The molecule has 0 radical (unpaired) electrons. The zero-order valence-electron chi connectivity index (χ0n) is 15.2. The fourth-order valence-corrected chi connectivity index (χ4v) is 3.39. The topological polar surface area (TPSA) is 6.48 Å². The SMILES string of the molecule is Cc1ccccc1CN1CCN(c2ccc(C(F)(F)F)cc2C(F)(F)F)CC1. The van der Waals surface area contributed by atoms with E-state index in [-0.39, 0.29) is 11.8 Å². The summed E-state index contributed by atoms with van der Waals surface area (Å²) in [6, 6.07) is 9.75. The molecule has 0 aliphatic carbocycles. The first-order valence-electron chi connectivity index (χ1n) is 8.86. The minimum absolute atomic E-state index is 0.198. The van der Waals surface area contributed by atoms with Gasteiger partial charge >= 0.3 is 12.4 Å². The molecule has 8 heteroatoms. The molecular weight excluding hydrogens is 382 g/mol. The van der Waals surface area contributed by atoms with Gasteiger partial charge in [0.1, 0.15) is 0 Å². The monoisotopic (exact) mass is 402 g/mol. The van der Waals surface area contributed by atoms with Gasteiger partial charge in [-0.2, -0.15) is 26.3 Å². The summed E-state index contributed by atoms with van der Waals surface area (Å²) in [4.78, 5) is 3.65. The van der Waals surface area contributed by atoms with Crippen molar-refractivity contribution in [3.63, 3.8) is 0 Å².